The van der Waals surface area contributed by atoms with Crippen molar-refractivity contribution in [3.05, 3.63) is 65.7 Å². The number of halogens is 1. The van der Waals surface area contributed by atoms with Crippen LogP contribution < -0.4 is 5.32 Å². The molecule has 8 heteroatoms. The fourth-order valence-electron chi connectivity index (χ4n) is 3.16. The van der Waals surface area contributed by atoms with Gasteiger partial charge in [-0.1, -0.05) is 61.0 Å². The highest BCUT2D eigenvalue weighted by Crippen LogP contribution is 2.28. The second-order valence-electron chi connectivity index (χ2n) is 6.94. The average Bonchev–Trinajstić information content (AvgIpc) is 3.18. The van der Waals surface area contributed by atoms with Crippen molar-refractivity contribution >= 4 is 29.2 Å². The van der Waals surface area contributed by atoms with Crippen LogP contribution in [0.1, 0.15) is 13.3 Å². The monoisotopic (exact) mass is 440 g/mol. The van der Waals surface area contributed by atoms with Crippen molar-refractivity contribution in [1.29, 1.82) is 0 Å². The number of hydrogen-bond acceptors (Lipinski definition) is 4. The zero-order valence-electron chi connectivity index (χ0n) is 17.5. The van der Waals surface area contributed by atoms with E-state index < -0.39 is 0 Å². The Hall–Kier alpha value is -3.16. The molecule has 1 N–H and O–H groups in total. The molecule has 2 aromatic carbocycles. The van der Waals surface area contributed by atoms with Gasteiger partial charge in [0.2, 0.25) is 11.8 Å². The molecule has 0 radical (unpaired) electrons. The van der Waals surface area contributed by atoms with Crippen LogP contribution in [0, 0.1) is 0 Å². The van der Waals surface area contributed by atoms with Gasteiger partial charge in [0, 0.05) is 25.3 Å². The number of anilines is 1. The van der Waals surface area contributed by atoms with E-state index >= 15 is 0 Å². The van der Waals surface area contributed by atoms with E-state index in [1.807, 2.05) is 55.5 Å². The van der Waals surface area contributed by atoms with Gasteiger partial charge in [-0.25, -0.2) is 4.68 Å². The number of aromatic nitrogens is 2. The third kappa shape index (κ3) is 5.71. The number of para-hydroxylation sites is 1. The first kappa shape index (κ1) is 22.5. The van der Waals surface area contributed by atoms with E-state index in [2.05, 4.69) is 10.4 Å². The van der Waals surface area contributed by atoms with E-state index in [0.29, 0.717) is 28.8 Å². The molecule has 0 bridgehead atoms. The summed E-state index contributed by atoms with van der Waals surface area (Å²) < 4.78 is 6.52. The first-order valence-electron chi connectivity index (χ1n) is 10.0. The Morgan fingerprint density at radius 2 is 1.84 bits per heavy atom. The van der Waals surface area contributed by atoms with Crippen LogP contribution in [-0.4, -0.2) is 53.3 Å². The van der Waals surface area contributed by atoms with Crippen LogP contribution in [0.15, 0.2) is 60.7 Å². The second kappa shape index (κ2) is 10.7. The highest BCUT2D eigenvalue weighted by molar-refractivity contribution is 6.32. The molecule has 31 heavy (non-hydrogen) atoms. The van der Waals surface area contributed by atoms with Gasteiger partial charge in [0.15, 0.2) is 0 Å². The van der Waals surface area contributed by atoms with E-state index in [4.69, 9.17) is 16.3 Å². The van der Waals surface area contributed by atoms with Crippen LogP contribution in [-0.2, 0) is 14.3 Å². The van der Waals surface area contributed by atoms with Crippen molar-refractivity contribution in [2.75, 3.05) is 32.1 Å². The number of carbonyl (C=O) groups excluding carboxylic acids is 2. The molecule has 7 nitrogen and oxygen atoms in total. The number of ether oxygens (including phenoxy) is 1. The predicted molar refractivity (Wildman–Crippen MR) is 121 cm³/mol. The van der Waals surface area contributed by atoms with Gasteiger partial charge in [-0.15, -0.1) is 0 Å². The van der Waals surface area contributed by atoms with Crippen LogP contribution in [0.25, 0.3) is 16.9 Å². The summed E-state index contributed by atoms with van der Waals surface area (Å²) in [6.45, 7) is 2.27. The van der Waals surface area contributed by atoms with Gasteiger partial charge in [-0.3, -0.25) is 9.59 Å². The average molecular weight is 441 g/mol. The van der Waals surface area contributed by atoms with E-state index in [-0.39, 0.29) is 25.0 Å². The molecule has 3 aromatic rings. The highest BCUT2D eigenvalue weighted by Gasteiger charge is 2.19. The number of hydrogen-bond donors (Lipinski definition) is 1. The Kier molecular flexibility index (Phi) is 7.81. The molecule has 0 saturated heterocycles. The smallest absolute Gasteiger partial charge is 0.249 e. The lowest BCUT2D eigenvalue weighted by molar-refractivity contribution is -0.138. The number of rotatable bonds is 9. The molecule has 3 rings (SSSR count). The van der Waals surface area contributed by atoms with Gasteiger partial charge in [0.05, 0.1) is 22.9 Å². The van der Waals surface area contributed by atoms with Crippen molar-refractivity contribution in [3.8, 4) is 16.9 Å². The van der Waals surface area contributed by atoms with Crippen molar-refractivity contribution in [2.24, 2.45) is 0 Å². The van der Waals surface area contributed by atoms with Gasteiger partial charge in [0.25, 0.3) is 0 Å². The van der Waals surface area contributed by atoms with Crippen molar-refractivity contribution in [2.45, 2.75) is 13.3 Å². The summed E-state index contributed by atoms with van der Waals surface area (Å²) in [5, 5.41) is 8.05. The predicted octanol–water partition coefficient (Wildman–Crippen LogP) is 4.02. The molecule has 0 atom stereocenters. The fourth-order valence-corrected chi connectivity index (χ4v) is 3.38. The number of carbonyl (C=O) groups is 2. The van der Waals surface area contributed by atoms with Crippen molar-refractivity contribution in [3.63, 3.8) is 0 Å². The lowest BCUT2D eigenvalue weighted by atomic mass is 10.1. The Morgan fingerprint density at radius 3 is 2.52 bits per heavy atom. The van der Waals surface area contributed by atoms with Gasteiger partial charge in [-0.2, -0.15) is 5.10 Å². The largest absolute Gasteiger partial charge is 0.375 e. The summed E-state index contributed by atoms with van der Waals surface area (Å²) in [5.41, 5.74) is 2.24. The lowest BCUT2D eigenvalue weighted by Gasteiger charge is -2.21. The van der Waals surface area contributed by atoms with Crippen molar-refractivity contribution < 1.29 is 14.3 Å². The van der Waals surface area contributed by atoms with Gasteiger partial charge < -0.3 is 15.0 Å². The molecule has 0 unspecified atom stereocenters. The quantitative estimate of drug-likeness (QED) is 0.545. The second-order valence-corrected chi connectivity index (χ2v) is 7.35. The Morgan fingerprint density at radius 1 is 1.13 bits per heavy atom. The summed E-state index contributed by atoms with van der Waals surface area (Å²) in [6, 6.07) is 18.7. The van der Waals surface area contributed by atoms with E-state index in [0.717, 1.165) is 12.0 Å². The molecule has 0 spiro atoms. The van der Waals surface area contributed by atoms with Crippen LogP contribution in [0.3, 0.4) is 0 Å². The van der Waals surface area contributed by atoms with Gasteiger partial charge in [-0.05, 0) is 18.6 Å². The molecule has 0 fully saturated rings. The number of nitrogens with zero attached hydrogens (tertiary/aromatic N) is 3. The fraction of sp³-hybridized carbons (Fsp3) is 0.261. The molecular weight excluding hydrogens is 416 g/mol. The zero-order chi connectivity index (χ0) is 22.2. The molecule has 0 saturated carbocycles. The Balaban J connectivity index is 1.90. The van der Waals surface area contributed by atoms with Gasteiger partial charge in [0.1, 0.15) is 12.4 Å². The maximum atomic E-state index is 12.8. The van der Waals surface area contributed by atoms with Crippen LogP contribution in [0.4, 0.5) is 5.82 Å². The molecule has 1 heterocycles. The maximum Gasteiger partial charge on any atom is 0.249 e. The molecule has 0 aliphatic carbocycles. The minimum atomic E-state index is -0.328. The molecule has 2 amide bonds. The minimum Gasteiger partial charge on any atom is -0.375 e. The SMILES string of the molecule is CCCN(CC(=O)Nc1cc(-c2ccccc2)nn1-c1ccccc1Cl)C(=O)COC. The molecular formula is C23H25ClN4O3. The number of nitrogens with one attached hydrogen (secondary N) is 1. The zero-order valence-corrected chi connectivity index (χ0v) is 18.3. The van der Waals surface area contributed by atoms with Crippen LogP contribution in [0.5, 0.6) is 0 Å². The summed E-state index contributed by atoms with van der Waals surface area (Å²) in [5.74, 6) is -0.0950. The van der Waals surface area contributed by atoms with E-state index in [1.54, 1.807) is 16.8 Å². The third-order valence-corrected chi connectivity index (χ3v) is 4.90. The van der Waals surface area contributed by atoms with E-state index in [1.165, 1.54) is 12.0 Å². The summed E-state index contributed by atoms with van der Waals surface area (Å²) >= 11 is 6.38. The van der Waals surface area contributed by atoms with Crippen molar-refractivity contribution in [1.82, 2.24) is 14.7 Å². The topological polar surface area (TPSA) is 76.5 Å². The number of benzene rings is 2. The van der Waals surface area contributed by atoms with Crippen LogP contribution >= 0.6 is 11.6 Å². The minimum absolute atomic E-state index is 0.0665. The molecule has 0 aliphatic heterocycles. The highest BCUT2D eigenvalue weighted by atomic mass is 35.5. The standard InChI is InChI=1S/C23H25ClN4O3/c1-3-13-27(23(30)16-31-2)15-22(29)25-21-14-19(17-9-5-4-6-10-17)26-28(21)20-12-8-7-11-18(20)24/h4-12,14H,3,13,15-16H2,1-2H3,(H,25,29). The van der Waals surface area contributed by atoms with E-state index in [9.17, 15) is 9.59 Å². The molecule has 1 aromatic heterocycles. The first-order chi connectivity index (χ1) is 15.0. The summed E-state index contributed by atoms with van der Waals surface area (Å²) in [4.78, 5) is 26.5. The van der Waals surface area contributed by atoms with Gasteiger partial charge >= 0.3 is 0 Å². The van der Waals surface area contributed by atoms with Crippen LogP contribution in [0.2, 0.25) is 5.02 Å². The Labute approximate surface area is 186 Å². The third-order valence-electron chi connectivity index (χ3n) is 4.58. The summed E-state index contributed by atoms with van der Waals surface area (Å²) in [6.07, 6.45) is 0.735. The normalized spacial score (nSPS) is 10.7. The lowest BCUT2D eigenvalue weighted by Crippen LogP contribution is -2.40. The summed E-state index contributed by atoms with van der Waals surface area (Å²) in [7, 11) is 1.45. The number of methoxy groups -OCH3 is 1. The first-order valence-corrected chi connectivity index (χ1v) is 10.4. The molecule has 0 aliphatic rings. The number of amides is 2. The maximum absolute atomic E-state index is 12.8. The Bertz CT molecular complexity index is 1040. The molecule has 162 valence electrons.